The first-order chi connectivity index (χ1) is 21.9. The maximum atomic E-state index is 14.0. The van der Waals surface area contributed by atoms with Gasteiger partial charge in [0.15, 0.2) is 5.78 Å². The minimum absolute atomic E-state index is 0.0344. The molecule has 1 fully saturated rings. The highest BCUT2D eigenvalue weighted by molar-refractivity contribution is 5.96. The van der Waals surface area contributed by atoms with Crippen LogP contribution in [0.4, 0.5) is 5.69 Å². The minimum atomic E-state index is -0.738. The molecule has 46 heavy (non-hydrogen) atoms. The van der Waals surface area contributed by atoms with Crippen LogP contribution in [-0.4, -0.2) is 51.6 Å². The van der Waals surface area contributed by atoms with Crippen molar-refractivity contribution in [1.29, 1.82) is 0 Å². The zero-order valence-electron chi connectivity index (χ0n) is 26.9. The lowest BCUT2D eigenvalue weighted by atomic mass is 9.93. The number of nitrogens with one attached hydrogen (secondary N) is 2. The molecular formula is C37H42N4O5. The van der Waals surface area contributed by atoms with Crippen molar-refractivity contribution in [2.24, 2.45) is 5.73 Å². The molecule has 2 heterocycles. The second-order valence-electron chi connectivity index (χ2n) is 12.9. The van der Waals surface area contributed by atoms with Gasteiger partial charge in [0, 0.05) is 43.0 Å². The van der Waals surface area contributed by atoms with E-state index in [-0.39, 0.29) is 30.4 Å². The molecule has 2 atom stereocenters. The number of hydrogen-bond acceptors (Lipinski definition) is 6. The number of aromatic nitrogens is 1. The third-order valence-corrected chi connectivity index (χ3v) is 8.25. The lowest BCUT2D eigenvalue weighted by molar-refractivity contribution is -0.157. The molecule has 0 unspecified atom stereocenters. The van der Waals surface area contributed by atoms with Crippen LogP contribution in [0.5, 0.6) is 0 Å². The summed E-state index contributed by atoms with van der Waals surface area (Å²) in [6.45, 7) is 7.63. The van der Waals surface area contributed by atoms with E-state index in [4.69, 9.17) is 10.5 Å². The Morgan fingerprint density at radius 2 is 1.74 bits per heavy atom. The SMILES string of the molecule is CC(=O)Nc1ccc(-c2[nH]c3ccc(CC(=O)[C@@H]4CCCN4C(=O)[C@H](CC(=O)OC(C)(C)C)c4ccccc4)cc3c2CN)cc1. The van der Waals surface area contributed by atoms with Crippen LogP contribution in [0.15, 0.2) is 72.8 Å². The van der Waals surface area contributed by atoms with E-state index >= 15 is 0 Å². The van der Waals surface area contributed by atoms with Crippen molar-refractivity contribution in [3.05, 3.63) is 89.5 Å². The summed E-state index contributed by atoms with van der Waals surface area (Å²) in [7, 11) is 0. The summed E-state index contributed by atoms with van der Waals surface area (Å²) in [5.74, 6) is -1.58. The van der Waals surface area contributed by atoms with Crippen LogP contribution in [0.1, 0.15) is 69.6 Å². The van der Waals surface area contributed by atoms with Gasteiger partial charge in [-0.05, 0) is 80.1 Å². The van der Waals surface area contributed by atoms with Gasteiger partial charge in [-0.3, -0.25) is 19.2 Å². The van der Waals surface area contributed by atoms with E-state index in [1.807, 2.05) is 72.8 Å². The molecule has 0 spiro atoms. The van der Waals surface area contributed by atoms with Crippen LogP contribution >= 0.6 is 0 Å². The fraction of sp³-hybridized carbons (Fsp3) is 0.351. The number of amides is 2. The standard InChI is InChI=1S/C37H42N4O5/c1-23(42)39-27-15-13-26(14-16-27)35-30(22-38)29-19-24(12-17-31(29)40-35)20-33(43)32-11-8-18-41(32)36(45)28(25-9-6-5-7-10-25)21-34(44)46-37(2,3)4/h5-7,9-10,12-17,19,28,32,40H,8,11,18,20-22,38H2,1-4H3,(H,39,42)/t28-,32+/m1/s1. The number of ketones is 1. The van der Waals surface area contributed by atoms with E-state index in [2.05, 4.69) is 10.3 Å². The van der Waals surface area contributed by atoms with Gasteiger partial charge in [0.1, 0.15) is 5.60 Å². The molecule has 4 N–H and O–H groups in total. The van der Waals surface area contributed by atoms with Crippen molar-refractivity contribution in [3.8, 4) is 11.3 Å². The highest BCUT2D eigenvalue weighted by Crippen LogP contribution is 2.33. The maximum Gasteiger partial charge on any atom is 0.307 e. The highest BCUT2D eigenvalue weighted by atomic mass is 16.6. The average Bonchev–Trinajstić information content (AvgIpc) is 3.64. The Morgan fingerprint density at radius 1 is 1.02 bits per heavy atom. The zero-order chi connectivity index (χ0) is 33.0. The molecule has 5 rings (SSSR count). The lowest BCUT2D eigenvalue weighted by Crippen LogP contribution is -2.44. The summed E-state index contributed by atoms with van der Waals surface area (Å²) in [5, 5.41) is 3.72. The van der Waals surface area contributed by atoms with Crippen molar-refractivity contribution < 1.29 is 23.9 Å². The Balaban J connectivity index is 1.35. The van der Waals surface area contributed by atoms with Gasteiger partial charge < -0.3 is 25.7 Å². The smallest absolute Gasteiger partial charge is 0.307 e. The van der Waals surface area contributed by atoms with E-state index in [0.29, 0.717) is 31.6 Å². The Kier molecular flexibility index (Phi) is 9.72. The van der Waals surface area contributed by atoms with Gasteiger partial charge in [0.05, 0.1) is 24.1 Å². The van der Waals surface area contributed by atoms with Crippen molar-refractivity contribution in [2.75, 3.05) is 11.9 Å². The molecule has 1 aromatic heterocycles. The molecular weight excluding hydrogens is 580 g/mol. The van der Waals surface area contributed by atoms with Crippen LogP contribution in [0, 0.1) is 0 Å². The highest BCUT2D eigenvalue weighted by Gasteiger charge is 2.38. The molecule has 240 valence electrons. The normalized spacial score (nSPS) is 15.5. The number of esters is 1. The van der Waals surface area contributed by atoms with Crippen LogP contribution in [-0.2, 0) is 36.9 Å². The van der Waals surface area contributed by atoms with E-state index in [1.54, 1.807) is 25.7 Å². The lowest BCUT2D eigenvalue weighted by Gasteiger charge is -2.29. The monoisotopic (exact) mass is 622 g/mol. The third kappa shape index (κ3) is 7.54. The fourth-order valence-electron chi connectivity index (χ4n) is 6.25. The van der Waals surface area contributed by atoms with Gasteiger partial charge in [0.2, 0.25) is 11.8 Å². The van der Waals surface area contributed by atoms with E-state index in [0.717, 1.165) is 38.9 Å². The molecule has 0 bridgehead atoms. The van der Waals surface area contributed by atoms with Gasteiger partial charge in [-0.15, -0.1) is 0 Å². The Labute approximate surface area is 269 Å². The van der Waals surface area contributed by atoms with Crippen molar-refractivity contribution in [1.82, 2.24) is 9.88 Å². The van der Waals surface area contributed by atoms with E-state index in [1.165, 1.54) is 6.92 Å². The second kappa shape index (κ2) is 13.7. The Bertz CT molecular complexity index is 1740. The predicted octanol–water partition coefficient (Wildman–Crippen LogP) is 5.87. The number of fused-ring (bicyclic) bond motifs is 1. The first-order valence-corrected chi connectivity index (χ1v) is 15.7. The molecule has 1 saturated heterocycles. The summed E-state index contributed by atoms with van der Waals surface area (Å²) >= 11 is 0. The van der Waals surface area contributed by atoms with Crippen LogP contribution < -0.4 is 11.1 Å². The molecule has 1 aliphatic heterocycles. The number of aromatic amines is 1. The topological polar surface area (TPSA) is 135 Å². The number of carbonyl (C=O) groups is 4. The Hall–Kier alpha value is -4.76. The molecule has 2 amide bonds. The number of nitrogens with zero attached hydrogens (tertiary/aromatic N) is 1. The number of likely N-dealkylation sites (tertiary alicyclic amines) is 1. The molecule has 1 aliphatic rings. The molecule has 0 radical (unpaired) electrons. The van der Waals surface area contributed by atoms with Gasteiger partial charge >= 0.3 is 5.97 Å². The van der Waals surface area contributed by atoms with E-state index in [9.17, 15) is 19.2 Å². The second-order valence-corrected chi connectivity index (χ2v) is 12.9. The average molecular weight is 623 g/mol. The van der Waals surface area contributed by atoms with Gasteiger partial charge in [0.25, 0.3) is 0 Å². The summed E-state index contributed by atoms with van der Waals surface area (Å²) in [6.07, 6.45) is 1.37. The molecule has 3 aromatic carbocycles. The van der Waals surface area contributed by atoms with Gasteiger partial charge in [-0.25, -0.2) is 0 Å². The number of anilines is 1. The third-order valence-electron chi connectivity index (χ3n) is 8.25. The minimum Gasteiger partial charge on any atom is -0.460 e. The molecule has 0 saturated carbocycles. The summed E-state index contributed by atoms with van der Waals surface area (Å²) in [6, 6.07) is 22.1. The molecule has 9 heteroatoms. The van der Waals surface area contributed by atoms with Crippen molar-refractivity contribution in [3.63, 3.8) is 0 Å². The Morgan fingerprint density at radius 3 is 2.39 bits per heavy atom. The largest absolute Gasteiger partial charge is 0.460 e. The predicted molar refractivity (Wildman–Crippen MR) is 179 cm³/mol. The maximum absolute atomic E-state index is 14.0. The number of benzene rings is 3. The number of carbonyl (C=O) groups excluding carboxylic acids is 4. The quantitative estimate of drug-likeness (QED) is 0.189. The summed E-state index contributed by atoms with van der Waals surface area (Å²) in [4.78, 5) is 57.2. The van der Waals surface area contributed by atoms with Crippen molar-refractivity contribution in [2.45, 2.75) is 77.5 Å². The number of Topliss-reactive ketones (excluding diaryl/α,β-unsaturated/α-hetero) is 1. The number of ether oxygens (including phenoxy) is 1. The number of hydrogen-bond donors (Lipinski definition) is 3. The summed E-state index contributed by atoms with van der Waals surface area (Å²) in [5.41, 5.74) is 11.5. The van der Waals surface area contributed by atoms with Crippen molar-refractivity contribution >= 4 is 40.2 Å². The van der Waals surface area contributed by atoms with Gasteiger partial charge in [-0.2, -0.15) is 0 Å². The van der Waals surface area contributed by atoms with Crippen LogP contribution in [0.2, 0.25) is 0 Å². The summed E-state index contributed by atoms with van der Waals surface area (Å²) < 4.78 is 5.56. The zero-order valence-corrected chi connectivity index (χ0v) is 26.9. The van der Waals surface area contributed by atoms with Crippen LogP contribution in [0.3, 0.4) is 0 Å². The molecule has 0 aliphatic carbocycles. The fourth-order valence-corrected chi connectivity index (χ4v) is 6.25. The first-order valence-electron chi connectivity index (χ1n) is 15.7. The number of rotatable bonds is 10. The number of nitrogens with two attached hydrogens (primary N) is 1. The van der Waals surface area contributed by atoms with Crippen LogP contribution in [0.25, 0.3) is 22.2 Å². The molecule has 4 aromatic rings. The molecule has 9 nitrogen and oxygen atoms in total. The number of H-pyrrole nitrogens is 1. The van der Waals surface area contributed by atoms with E-state index < -0.39 is 23.5 Å². The first kappa shape index (κ1) is 32.6. The van der Waals surface area contributed by atoms with Gasteiger partial charge in [-0.1, -0.05) is 48.5 Å².